The van der Waals surface area contributed by atoms with E-state index in [1.165, 1.54) is 0 Å². The summed E-state index contributed by atoms with van der Waals surface area (Å²) in [5.41, 5.74) is 2.03. The molecule has 5 nitrogen and oxygen atoms in total. The monoisotopic (exact) mass is 375 g/mol. The van der Waals surface area contributed by atoms with Crippen LogP contribution in [-0.4, -0.2) is 18.0 Å². The minimum absolute atomic E-state index is 0.306. The summed E-state index contributed by atoms with van der Waals surface area (Å²) in [6.45, 7) is 0.878. The maximum absolute atomic E-state index is 13.3. The van der Waals surface area contributed by atoms with E-state index in [2.05, 4.69) is 14.3 Å². The SMILES string of the molecule is O=S(=O)(Nc1cccc(-c2cnc3n2CCC3)c1)c1cc(F)cc(F)c1. The van der Waals surface area contributed by atoms with Gasteiger partial charge in [-0.3, -0.25) is 4.72 Å². The van der Waals surface area contributed by atoms with Crippen LogP contribution in [0, 0.1) is 11.6 Å². The zero-order valence-corrected chi connectivity index (χ0v) is 14.4. The average Bonchev–Trinajstić information content (AvgIpc) is 3.17. The van der Waals surface area contributed by atoms with Crippen LogP contribution in [0.3, 0.4) is 0 Å². The van der Waals surface area contributed by atoms with Gasteiger partial charge in [0.25, 0.3) is 10.0 Å². The van der Waals surface area contributed by atoms with Gasteiger partial charge in [-0.1, -0.05) is 12.1 Å². The molecule has 8 heteroatoms. The molecule has 4 rings (SSSR count). The molecule has 0 atom stereocenters. The molecule has 0 spiro atoms. The minimum atomic E-state index is -4.11. The predicted octanol–water partition coefficient (Wildman–Crippen LogP) is 3.58. The first-order valence-corrected chi connectivity index (χ1v) is 9.54. The van der Waals surface area contributed by atoms with Crippen molar-refractivity contribution in [1.82, 2.24) is 9.55 Å². The lowest BCUT2D eigenvalue weighted by molar-refractivity contribution is 0.568. The number of halogens is 2. The molecule has 0 saturated heterocycles. The number of benzene rings is 2. The number of nitrogens with zero attached hydrogens (tertiary/aromatic N) is 2. The average molecular weight is 375 g/mol. The number of aromatic nitrogens is 2. The third kappa shape index (κ3) is 3.08. The molecular formula is C18H15F2N3O2S. The lowest BCUT2D eigenvalue weighted by atomic mass is 10.1. The molecule has 0 fully saturated rings. The highest BCUT2D eigenvalue weighted by atomic mass is 32.2. The first-order chi connectivity index (χ1) is 12.4. The van der Waals surface area contributed by atoms with Gasteiger partial charge in [-0.2, -0.15) is 0 Å². The zero-order chi connectivity index (χ0) is 18.3. The normalized spacial score (nSPS) is 13.6. The van der Waals surface area contributed by atoms with Crippen molar-refractivity contribution in [3.05, 3.63) is 66.1 Å². The number of sulfonamides is 1. The van der Waals surface area contributed by atoms with Gasteiger partial charge in [0.2, 0.25) is 0 Å². The van der Waals surface area contributed by atoms with E-state index in [-0.39, 0.29) is 0 Å². The van der Waals surface area contributed by atoms with E-state index in [1.54, 1.807) is 24.4 Å². The number of imidazole rings is 1. The van der Waals surface area contributed by atoms with Gasteiger partial charge in [-0.15, -0.1) is 0 Å². The molecule has 3 aromatic rings. The van der Waals surface area contributed by atoms with Crippen LogP contribution in [0.15, 0.2) is 53.6 Å². The zero-order valence-electron chi connectivity index (χ0n) is 13.6. The quantitative estimate of drug-likeness (QED) is 0.758. The second kappa shape index (κ2) is 6.21. The van der Waals surface area contributed by atoms with Gasteiger partial charge in [0, 0.05) is 30.3 Å². The summed E-state index contributed by atoms with van der Waals surface area (Å²) in [7, 11) is -4.11. The van der Waals surface area contributed by atoms with Crippen LogP contribution in [0.25, 0.3) is 11.3 Å². The van der Waals surface area contributed by atoms with Gasteiger partial charge in [-0.25, -0.2) is 22.2 Å². The van der Waals surface area contributed by atoms with E-state index in [9.17, 15) is 17.2 Å². The summed E-state index contributed by atoms with van der Waals surface area (Å²) in [5.74, 6) is -0.885. The van der Waals surface area contributed by atoms with Gasteiger partial charge < -0.3 is 4.57 Å². The first-order valence-electron chi connectivity index (χ1n) is 8.06. The Bertz CT molecular complexity index is 1070. The summed E-state index contributed by atoms with van der Waals surface area (Å²) in [4.78, 5) is 3.92. The summed E-state index contributed by atoms with van der Waals surface area (Å²) in [5, 5.41) is 0. The molecule has 0 saturated carbocycles. The van der Waals surface area contributed by atoms with E-state index in [0.717, 1.165) is 48.6 Å². The molecule has 26 heavy (non-hydrogen) atoms. The molecule has 0 amide bonds. The number of rotatable bonds is 4. The third-order valence-electron chi connectivity index (χ3n) is 4.28. The third-order valence-corrected chi connectivity index (χ3v) is 5.64. The van der Waals surface area contributed by atoms with Crippen molar-refractivity contribution in [2.24, 2.45) is 0 Å². The van der Waals surface area contributed by atoms with Crippen molar-refractivity contribution in [1.29, 1.82) is 0 Å². The van der Waals surface area contributed by atoms with Gasteiger partial charge >= 0.3 is 0 Å². The van der Waals surface area contributed by atoms with Crippen molar-refractivity contribution in [2.75, 3.05) is 4.72 Å². The van der Waals surface area contributed by atoms with E-state index in [4.69, 9.17) is 0 Å². The summed E-state index contributed by atoms with van der Waals surface area (Å²) >= 11 is 0. The highest BCUT2D eigenvalue weighted by molar-refractivity contribution is 7.92. The fourth-order valence-electron chi connectivity index (χ4n) is 3.13. The van der Waals surface area contributed by atoms with E-state index >= 15 is 0 Å². The van der Waals surface area contributed by atoms with Crippen molar-refractivity contribution in [2.45, 2.75) is 24.3 Å². The van der Waals surface area contributed by atoms with Crippen LogP contribution >= 0.6 is 0 Å². The minimum Gasteiger partial charge on any atom is -0.328 e. The van der Waals surface area contributed by atoms with E-state index in [1.807, 2.05) is 6.07 Å². The van der Waals surface area contributed by atoms with Crippen LogP contribution in [0.1, 0.15) is 12.2 Å². The highest BCUT2D eigenvalue weighted by Gasteiger charge is 2.19. The van der Waals surface area contributed by atoms with Crippen molar-refractivity contribution in [3.63, 3.8) is 0 Å². The Morgan fingerprint density at radius 2 is 1.85 bits per heavy atom. The van der Waals surface area contributed by atoms with Gasteiger partial charge in [0.15, 0.2) is 0 Å². The Morgan fingerprint density at radius 3 is 2.62 bits per heavy atom. The Morgan fingerprint density at radius 1 is 1.08 bits per heavy atom. The smallest absolute Gasteiger partial charge is 0.262 e. The number of hydrogen-bond acceptors (Lipinski definition) is 3. The van der Waals surface area contributed by atoms with Crippen LogP contribution in [0.4, 0.5) is 14.5 Å². The molecule has 0 aliphatic carbocycles. The summed E-state index contributed by atoms with van der Waals surface area (Å²) < 4.78 is 56.0. The maximum atomic E-state index is 13.3. The second-order valence-electron chi connectivity index (χ2n) is 6.11. The molecule has 1 aromatic heterocycles. The molecule has 2 heterocycles. The lowest BCUT2D eigenvalue weighted by Gasteiger charge is -2.11. The Kier molecular flexibility index (Phi) is 3.99. The Balaban J connectivity index is 1.66. The van der Waals surface area contributed by atoms with E-state index in [0.29, 0.717) is 11.8 Å². The number of hydrogen-bond donors (Lipinski definition) is 1. The number of nitrogens with one attached hydrogen (secondary N) is 1. The van der Waals surface area contributed by atoms with Crippen LogP contribution in [0.2, 0.25) is 0 Å². The van der Waals surface area contributed by atoms with Crippen LogP contribution in [0.5, 0.6) is 0 Å². The molecule has 1 aliphatic rings. The molecule has 1 N–H and O–H groups in total. The molecule has 2 aromatic carbocycles. The summed E-state index contributed by atoms with van der Waals surface area (Å²) in [6.07, 6.45) is 3.73. The molecule has 0 unspecified atom stereocenters. The lowest BCUT2D eigenvalue weighted by Crippen LogP contribution is -2.13. The fraction of sp³-hybridized carbons (Fsp3) is 0.167. The first kappa shape index (κ1) is 16.7. The Labute approximate surface area is 149 Å². The van der Waals surface area contributed by atoms with Gasteiger partial charge in [-0.05, 0) is 30.7 Å². The van der Waals surface area contributed by atoms with Gasteiger partial charge in [0.05, 0.1) is 16.8 Å². The number of aryl methyl sites for hydroxylation is 1. The largest absolute Gasteiger partial charge is 0.328 e. The van der Waals surface area contributed by atoms with E-state index < -0.39 is 26.6 Å². The molecule has 1 aliphatic heterocycles. The second-order valence-corrected chi connectivity index (χ2v) is 7.79. The van der Waals surface area contributed by atoms with Crippen molar-refractivity contribution in [3.8, 4) is 11.3 Å². The van der Waals surface area contributed by atoms with Crippen LogP contribution in [-0.2, 0) is 23.0 Å². The van der Waals surface area contributed by atoms with Crippen molar-refractivity contribution >= 4 is 15.7 Å². The maximum Gasteiger partial charge on any atom is 0.262 e. The topological polar surface area (TPSA) is 64.0 Å². The molecule has 0 radical (unpaired) electrons. The summed E-state index contributed by atoms with van der Waals surface area (Å²) in [6, 6.07) is 9.02. The standard InChI is InChI=1S/C18H15F2N3O2S/c19-13-8-14(20)10-16(9-13)26(24,25)22-15-4-1-3-12(7-15)17-11-21-18-5-2-6-23(17)18/h1,3-4,7-11,22H,2,5-6H2. The molecular weight excluding hydrogens is 360 g/mol. The predicted molar refractivity (Wildman–Crippen MR) is 93.2 cm³/mol. The van der Waals surface area contributed by atoms with Crippen molar-refractivity contribution < 1.29 is 17.2 Å². The Hall–Kier alpha value is -2.74. The van der Waals surface area contributed by atoms with Gasteiger partial charge in [0.1, 0.15) is 17.5 Å². The fourth-order valence-corrected chi connectivity index (χ4v) is 4.22. The molecule has 134 valence electrons. The van der Waals surface area contributed by atoms with Crippen LogP contribution < -0.4 is 4.72 Å². The highest BCUT2D eigenvalue weighted by Crippen LogP contribution is 2.28. The molecule has 0 bridgehead atoms. The number of anilines is 1. The number of fused-ring (bicyclic) bond motifs is 1.